The predicted octanol–water partition coefficient (Wildman–Crippen LogP) is 5.75. The number of benzene rings is 3. The Labute approximate surface area is 223 Å². The third-order valence-corrected chi connectivity index (χ3v) is 8.93. The van der Waals surface area contributed by atoms with Gasteiger partial charge >= 0.3 is 6.09 Å². The summed E-state index contributed by atoms with van der Waals surface area (Å²) in [4.78, 5) is 32.9. The van der Waals surface area contributed by atoms with Crippen LogP contribution in [0.5, 0.6) is 0 Å². The summed E-state index contributed by atoms with van der Waals surface area (Å²) in [5.41, 5.74) is 5.62. The Morgan fingerprint density at radius 1 is 1.00 bits per heavy atom. The third kappa shape index (κ3) is 3.71. The van der Waals surface area contributed by atoms with Crippen LogP contribution in [0, 0.1) is 5.41 Å². The Hall–Kier alpha value is -3.45. The van der Waals surface area contributed by atoms with E-state index in [1.54, 1.807) is 0 Å². The molecule has 0 saturated carbocycles. The molecule has 3 heterocycles. The number of ether oxygens (including phenoxy) is 1. The molecule has 7 rings (SSSR count). The van der Waals surface area contributed by atoms with Gasteiger partial charge in [0.2, 0.25) is 0 Å². The van der Waals surface area contributed by atoms with Crippen molar-refractivity contribution in [1.29, 1.82) is 0 Å². The fourth-order valence-electron chi connectivity index (χ4n) is 6.45. The van der Waals surface area contributed by atoms with Crippen molar-refractivity contribution in [2.75, 3.05) is 19.7 Å². The van der Waals surface area contributed by atoms with Gasteiger partial charge in [-0.2, -0.15) is 0 Å². The lowest BCUT2D eigenvalue weighted by molar-refractivity contribution is 0.0635. The van der Waals surface area contributed by atoms with Crippen LogP contribution in [0.1, 0.15) is 35.7 Å². The Kier molecular flexibility index (Phi) is 5.25. The van der Waals surface area contributed by atoms with Crippen molar-refractivity contribution in [3.05, 3.63) is 98.5 Å². The van der Waals surface area contributed by atoms with Crippen LogP contribution in [0.25, 0.3) is 22.0 Å². The molecule has 2 aliphatic heterocycles. The van der Waals surface area contributed by atoms with E-state index in [-0.39, 0.29) is 23.0 Å². The first-order valence-corrected chi connectivity index (χ1v) is 13.6. The second kappa shape index (κ2) is 8.55. The number of likely N-dealkylation sites (tertiary alicyclic amines) is 1. The van der Waals surface area contributed by atoms with Crippen molar-refractivity contribution < 1.29 is 9.53 Å². The van der Waals surface area contributed by atoms with E-state index in [0.717, 1.165) is 35.1 Å². The zero-order valence-corrected chi connectivity index (χ0v) is 21.9. The predicted molar refractivity (Wildman–Crippen MR) is 146 cm³/mol. The monoisotopic (exact) mass is 555 g/mol. The van der Waals surface area contributed by atoms with Crippen LogP contribution in [-0.4, -0.2) is 40.2 Å². The summed E-state index contributed by atoms with van der Waals surface area (Å²) in [5.74, 6) is 0.911. The second-order valence-electron chi connectivity index (χ2n) is 10.5. The number of carbonyl (C=O) groups excluding carboxylic acids is 1. The smallest absolute Gasteiger partial charge is 0.409 e. The molecular formula is C30H26BrN3O3. The molecule has 3 aromatic carbocycles. The topological polar surface area (TPSA) is 64.4 Å². The van der Waals surface area contributed by atoms with Crippen LogP contribution < -0.4 is 5.56 Å². The maximum absolute atomic E-state index is 13.1. The number of fused-ring (bicyclic) bond motifs is 5. The zero-order chi connectivity index (χ0) is 25.1. The molecule has 0 bridgehead atoms. The van der Waals surface area contributed by atoms with E-state index in [1.165, 1.54) is 22.3 Å². The number of hydrogen-bond donors (Lipinski definition) is 0. The molecule has 1 amide bonds. The lowest BCUT2D eigenvalue weighted by Gasteiger charge is -2.38. The molecule has 1 saturated heterocycles. The van der Waals surface area contributed by atoms with Gasteiger partial charge in [0.05, 0.1) is 10.9 Å². The van der Waals surface area contributed by atoms with E-state index in [4.69, 9.17) is 9.72 Å². The highest BCUT2D eigenvalue weighted by atomic mass is 79.9. The highest BCUT2D eigenvalue weighted by Crippen LogP contribution is 2.45. The van der Waals surface area contributed by atoms with Gasteiger partial charge in [0.15, 0.2) is 0 Å². The normalized spacial score (nSPS) is 17.6. The van der Waals surface area contributed by atoms with Crippen molar-refractivity contribution in [2.24, 2.45) is 5.41 Å². The molecule has 1 spiro atoms. The minimum absolute atomic E-state index is 0.0309. The first-order valence-electron chi connectivity index (χ1n) is 12.8. The number of amides is 1. The largest absolute Gasteiger partial charge is 0.448 e. The highest BCUT2D eigenvalue weighted by molar-refractivity contribution is 9.10. The molecular weight excluding hydrogens is 530 g/mol. The van der Waals surface area contributed by atoms with E-state index in [2.05, 4.69) is 52.3 Å². The van der Waals surface area contributed by atoms with Gasteiger partial charge < -0.3 is 9.64 Å². The Bertz CT molecular complexity index is 1570. The number of hydrogen-bond acceptors (Lipinski definition) is 4. The van der Waals surface area contributed by atoms with Crippen LogP contribution >= 0.6 is 15.9 Å². The maximum atomic E-state index is 13.1. The number of nitrogens with zero attached hydrogens (tertiary/aromatic N) is 3. The summed E-state index contributed by atoms with van der Waals surface area (Å²) >= 11 is 3.48. The van der Waals surface area contributed by atoms with Crippen LogP contribution in [0.15, 0.2) is 76.0 Å². The summed E-state index contributed by atoms with van der Waals surface area (Å²) in [6.45, 7) is 2.26. The lowest BCUT2D eigenvalue weighted by Crippen LogP contribution is -2.44. The van der Waals surface area contributed by atoms with Crippen LogP contribution in [0.4, 0.5) is 4.79 Å². The fourth-order valence-corrected chi connectivity index (χ4v) is 6.80. The van der Waals surface area contributed by atoms with Gasteiger partial charge in [-0.25, -0.2) is 9.78 Å². The Balaban J connectivity index is 1.03. The standard InChI is InChI=1S/C30H26BrN3O3/c31-19-9-10-24-26(15-19)32-27-16-30(18-34(27)28(24)35)11-13-33(14-12-30)29(36)37-17-25-22-7-3-1-5-20(22)21-6-2-4-8-23(21)25/h1-10,15,25H,11-14,16-18H2. The summed E-state index contributed by atoms with van der Waals surface area (Å²) in [6, 6.07) is 22.4. The molecule has 37 heavy (non-hydrogen) atoms. The number of halogens is 1. The molecule has 0 atom stereocenters. The number of rotatable bonds is 2. The van der Waals surface area contributed by atoms with Crippen LogP contribution in [0.3, 0.4) is 0 Å². The zero-order valence-electron chi connectivity index (χ0n) is 20.3. The van der Waals surface area contributed by atoms with Gasteiger partial charge in [-0.1, -0.05) is 64.5 Å². The van der Waals surface area contributed by atoms with Gasteiger partial charge in [0.25, 0.3) is 5.56 Å². The minimum Gasteiger partial charge on any atom is -0.448 e. The van der Waals surface area contributed by atoms with E-state index in [1.807, 2.05) is 39.8 Å². The number of piperidine rings is 1. The molecule has 3 aliphatic rings. The molecule has 0 N–H and O–H groups in total. The SMILES string of the molecule is O=C(OCC1c2ccccc2-c2ccccc21)N1CCC2(CC1)Cc1nc3cc(Br)ccc3c(=O)n1C2. The van der Waals surface area contributed by atoms with Gasteiger partial charge in [0, 0.05) is 36.4 Å². The lowest BCUT2D eigenvalue weighted by atomic mass is 9.77. The molecule has 1 aromatic heterocycles. The van der Waals surface area contributed by atoms with Crippen LogP contribution in [-0.2, 0) is 17.7 Å². The first kappa shape index (κ1) is 22.7. The fraction of sp³-hybridized carbons (Fsp3) is 0.300. The molecule has 6 nitrogen and oxygen atoms in total. The Morgan fingerprint density at radius 3 is 2.38 bits per heavy atom. The van der Waals surface area contributed by atoms with Crippen molar-refractivity contribution in [1.82, 2.24) is 14.5 Å². The third-order valence-electron chi connectivity index (χ3n) is 8.44. The quantitative estimate of drug-likeness (QED) is 0.316. The summed E-state index contributed by atoms with van der Waals surface area (Å²) in [6.07, 6.45) is 2.18. The van der Waals surface area contributed by atoms with Crippen molar-refractivity contribution in [3.63, 3.8) is 0 Å². The molecule has 7 heteroatoms. The maximum Gasteiger partial charge on any atom is 0.409 e. The molecule has 1 aliphatic carbocycles. The van der Waals surface area contributed by atoms with E-state index in [0.29, 0.717) is 31.6 Å². The minimum atomic E-state index is -0.252. The van der Waals surface area contributed by atoms with Crippen molar-refractivity contribution in [3.8, 4) is 11.1 Å². The first-order chi connectivity index (χ1) is 18.0. The molecule has 4 aromatic rings. The van der Waals surface area contributed by atoms with Crippen LogP contribution in [0.2, 0.25) is 0 Å². The molecule has 0 radical (unpaired) electrons. The molecule has 1 fully saturated rings. The van der Waals surface area contributed by atoms with Crippen molar-refractivity contribution in [2.45, 2.75) is 31.7 Å². The molecule has 186 valence electrons. The highest BCUT2D eigenvalue weighted by Gasteiger charge is 2.43. The van der Waals surface area contributed by atoms with Gasteiger partial charge in [-0.3, -0.25) is 9.36 Å². The number of aromatic nitrogens is 2. The van der Waals surface area contributed by atoms with E-state index in [9.17, 15) is 9.59 Å². The second-order valence-corrected chi connectivity index (χ2v) is 11.5. The summed E-state index contributed by atoms with van der Waals surface area (Å²) in [5, 5.41) is 0.653. The van der Waals surface area contributed by atoms with Gasteiger partial charge in [-0.15, -0.1) is 0 Å². The molecule has 0 unspecified atom stereocenters. The average Bonchev–Trinajstić information content (AvgIpc) is 3.43. The van der Waals surface area contributed by atoms with Gasteiger partial charge in [0.1, 0.15) is 12.4 Å². The van der Waals surface area contributed by atoms with E-state index < -0.39 is 0 Å². The van der Waals surface area contributed by atoms with E-state index >= 15 is 0 Å². The van der Waals surface area contributed by atoms with Crippen molar-refractivity contribution >= 4 is 32.9 Å². The van der Waals surface area contributed by atoms with Gasteiger partial charge in [-0.05, 0) is 58.7 Å². The Morgan fingerprint density at radius 2 is 1.68 bits per heavy atom. The number of carbonyl (C=O) groups is 1. The summed E-state index contributed by atoms with van der Waals surface area (Å²) in [7, 11) is 0. The average molecular weight is 556 g/mol. The summed E-state index contributed by atoms with van der Waals surface area (Å²) < 4.78 is 8.65.